The van der Waals surface area contributed by atoms with E-state index in [1.54, 1.807) is 13.3 Å². The fraction of sp³-hybridized carbons (Fsp3) is 0.333. The molecule has 1 aromatic heterocycles. The highest BCUT2D eigenvalue weighted by Gasteiger charge is 2.23. The number of aryl methyl sites for hydroxylation is 1. The molecule has 5 nitrogen and oxygen atoms in total. The third kappa shape index (κ3) is 2.52. The van der Waals surface area contributed by atoms with Gasteiger partial charge in [-0.2, -0.15) is 0 Å². The van der Waals surface area contributed by atoms with Gasteiger partial charge < -0.3 is 14.8 Å². The third-order valence-electron chi connectivity index (χ3n) is 3.30. The zero-order valence-electron chi connectivity index (χ0n) is 11.6. The zero-order chi connectivity index (χ0) is 13.9. The highest BCUT2D eigenvalue weighted by atomic mass is 16.5. The Morgan fingerprint density at radius 3 is 3.05 bits per heavy atom. The van der Waals surface area contributed by atoms with Gasteiger partial charge in [0.2, 0.25) is 5.95 Å². The molecule has 3 rings (SSSR count). The molecular weight excluding hydrogens is 254 g/mol. The molecule has 0 amide bonds. The van der Waals surface area contributed by atoms with Crippen molar-refractivity contribution < 1.29 is 9.47 Å². The van der Waals surface area contributed by atoms with Crippen LogP contribution in [0.2, 0.25) is 0 Å². The molecule has 0 unspecified atom stereocenters. The van der Waals surface area contributed by atoms with E-state index in [-0.39, 0.29) is 6.04 Å². The average molecular weight is 271 g/mol. The number of fused-ring (bicyclic) bond motifs is 1. The van der Waals surface area contributed by atoms with Gasteiger partial charge in [0, 0.05) is 17.5 Å². The zero-order valence-corrected chi connectivity index (χ0v) is 11.6. The van der Waals surface area contributed by atoms with Crippen LogP contribution in [0.1, 0.15) is 11.3 Å². The average Bonchev–Trinajstić information content (AvgIpc) is 2.46. The summed E-state index contributed by atoms with van der Waals surface area (Å²) in [4.78, 5) is 8.58. The Morgan fingerprint density at radius 2 is 2.25 bits per heavy atom. The van der Waals surface area contributed by atoms with E-state index in [1.807, 2.05) is 25.1 Å². The van der Waals surface area contributed by atoms with Crippen LogP contribution >= 0.6 is 0 Å². The van der Waals surface area contributed by atoms with Crippen molar-refractivity contribution in [3.63, 3.8) is 0 Å². The molecule has 0 aliphatic carbocycles. The lowest BCUT2D eigenvalue weighted by Crippen LogP contribution is -2.33. The fourth-order valence-electron chi connectivity index (χ4n) is 2.35. The molecule has 1 atom stereocenters. The smallest absolute Gasteiger partial charge is 0.223 e. The molecule has 1 aliphatic heterocycles. The Bertz CT molecular complexity index is 616. The summed E-state index contributed by atoms with van der Waals surface area (Å²) in [5.74, 6) is 2.27. The molecular formula is C15H17N3O2. The summed E-state index contributed by atoms with van der Waals surface area (Å²) in [5, 5.41) is 3.31. The second-order valence-electron chi connectivity index (χ2n) is 4.83. The van der Waals surface area contributed by atoms with Crippen molar-refractivity contribution >= 4 is 5.95 Å². The maximum absolute atomic E-state index is 5.82. The molecule has 0 saturated heterocycles. The van der Waals surface area contributed by atoms with Crippen molar-refractivity contribution in [3.05, 3.63) is 41.7 Å². The Balaban J connectivity index is 1.76. The number of hydrogen-bond acceptors (Lipinski definition) is 5. The lowest BCUT2D eigenvalue weighted by Gasteiger charge is -2.27. The predicted molar refractivity (Wildman–Crippen MR) is 76.4 cm³/mol. The first-order valence-electron chi connectivity index (χ1n) is 6.61. The number of para-hydroxylation sites is 1. The topological polar surface area (TPSA) is 56.3 Å². The van der Waals surface area contributed by atoms with Crippen LogP contribution in [0.15, 0.2) is 30.5 Å². The minimum absolute atomic E-state index is 0.163. The SMILES string of the molecule is COc1cccc2c1OC[C@H](Nc1nccc(C)n1)C2. The van der Waals surface area contributed by atoms with E-state index < -0.39 is 0 Å². The molecule has 5 heteroatoms. The third-order valence-corrected chi connectivity index (χ3v) is 3.30. The minimum Gasteiger partial charge on any atom is -0.493 e. The van der Waals surface area contributed by atoms with Gasteiger partial charge in [0.1, 0.15) is 6.61 Å². The van der Waals surface area contributed by atoms with E-state index in [0.29, 0.717) is 12.6 Å². The van der Waals surface area contributed by atoms with Crippen molar-refractivity contribution in [3.8, 4) is 11.5 Å². The highest BCUT2D eigenvalue weighted by molar-refractivity contribution is 5.48. The summed E-state index contributed by atoms with van der Waals surface area (Å²) in [7, 11) is 1.66. The molecule has 1 N–H and O–H groups in total. The Kier molecular flexibility index (Phi) is 3.41. The molecule has 1 aromatic carbocycles. The minimum atomic E-state index is 0.163. The van der Waals surface area contributed by atoms with Gasteiger partial charge >= 0.3 is 0 Å². The number of rotatable bonds is 3. The van der Waals surface area contributed by atoms with Crippen molar-refractivity contribution in [2.45, 2.75) is 19.4 Å². The van der Waals surface area contributed by atoms with Crippen LogP contribution in [0, 0.1) is 6.92 Å². The van der Waals surface area contributed by atoms with E-state index in [4.69, 9.17) is 9.47 Å². The van der Waals surface area contributed by atoms with Gasteiger partial charge in [0.15, 0.2) is 11.5 Å². The summed E-state index contributed by atoms with van der Waals surface area (Å²) in [5.41, 5.74) is 2.09. The number of anilines is 1. The molecule has 0 bridgehead atoms. The van der Waals surface area contributed by atoms with Crippen LogP contribution in [-0.2, 0) is 6.42 Å². The quantitative estimate of drug-likeness (QED) is 0.927. The molecule has 104 valence electrons. The van der Waals surface area contributed by atoms with Crippen LogP contribution in [-0.4, -0.2) is 29.7 Å². The molecule has 20 heavy (non-hydrogen) atoms. The second-order valence-corrected chi connectivity index (χ2v) is 4.83. The fourth-order valence-corrected chi connectivity index (χ4v) is 2.35. The molecule has 2 heterocycles. The van der Waals surface area contributed by atoms with Crippen molar-refractivity contribution in [1.82, 2.24) is 9.97 Å². The van der Waals surface area contributed by atoms with Crippen LogP contribution < -0.4 is 14.8 Å². The summed E-state index contributed by atoms with van der Waals surface area (Å²) >= 11 is 0. The van der Waals surface area contributed by atoms with Gasteiger partial charge in [-0.25, -0.2) is 9.97 Å². The van der Waals surface area contributed by atoms with Gasteiger partial charge in [0.05, 0.1) is 13.2 Å². The molecule has 0 spiro atoms. The van der Waals surface area contributed by atoms with Crippen molar-refractivity contribution in [1.29, 1.82) is 0 Å². The van der Waals surface area contributed by atoms with E-state index in [1.165, 1.54) is 0 Å². The standard InChI is InChI=1S/C15H17N3O2/c1-10-6-7-16-15(17-10)18-12-8-11-4-3-5-13(19-2)14(11)20-9-12/h3-7,12H,8-9H2,1-2H3,(H,16,17,18)/t12-/m1/s1. The molecule has 0 radical (unpaired) electrons. The molecule has 1 aliphatic rings. The number of benzene rings is 1. The Morgan fingerprint density at radius 1 is 1.35 bits per heavy atom. The monoisotopic (exact) mass is 271 g/mol. The summed E-state index contributed by atoms with van der Waals surface area (Å²) in [6, 6.07) is 7.99. The first-order valence-corrected chi connectivity index (χ1v) is 6.61. The lowest BCUT2D eigenvalue weighted by molar-refractivity contribution is 0.256. The summed E-state index contributed by atoms with van der Waals surface area (Å²) < 4.78 is 11.1. The maximum atomic E-state index is 5.82. The van der Waals surface area contributed by atoms with E-state index >= 15 is 0 Å². The maximum Gasteiger partial charge on any atom is 0.223 e. The number of hydrogen-bond donors (Lipinski definition) is 1. The first-order chi connectivity index (χ1) is 9.76. The van der Waals surface area contributed by atoms with Gasteiger partial charge in [-0.15, -0.1) is 0 Å². The van der Waals surface area contributed by atoms with E-state index in [2.05, 4.69) is 21.4 Å². The van der Waals surface area contributed by atoms with Crippen LogP contribution in [0.5, 0.6) is 11.5 Å². The van der Waals surface area contributed by atoms with Gasteiger partial charge in [-0.1, -0.05) is 12.1 Å². The van der Waals surface area contributed by atoms with Crippen LogP contribution in [0.3, 0.4) is 0 Å². The van der Waals surface area contributed by atoms with Gasteiger partial charge in [0.25, 0.3) is 0 Å². The molecule has 2 aromatic rings. The van der Waals surface area contributed by atoms with Crippen LogP contribution in [0.4, 0.5) is 5.95 Å². The van der Waals surface area contributed by atoms with Crippen LogP contribution in [0.25, 0.3) is 0 Å². The lowest BCUT2D eigenvalue weighted by atomic mass is 10.0. The normalized spacial score (nSPS) is 17.0. The largest absolute Gasteiger partial charge is 0.493 e. The summed E-state index contributed by atoms with van der Waals surface area (Å²) in [6.45, 7) is 2.52. The van der Waals surface area contributed by atoms with Gasteiger partial charge in [-0.3, -0.25) is 0 Å². The molecule has 0 fully saturated rings. The number of aromatic nitrogens is 2. The first kappa shape index (κ1) is 12.7. The number of nitrogens with zero attached hydrogens (tertiary/aromatic N) is 2. The summed E-state index contributed by atoms with van der Waals surface area (Å²) in [6.07, 6.45) is 2.62. The van der Waals surface area contributed by atoms with Crippen molar-refractivity contribution in [2.24, 2.45) is 0 Å². The second kappa shape index (κ2) is 5.36. The molecule has 0 saturated carbocycles. The van der Waals surface area contributed by atoms with E-state index in [0.717, 1.165) is 29.2 Å². The Hall–Kier alpha value is -2.30. The van der Waals surface area contributed by atoms with Crippen molar-refractivity contribution in [2.75, 3.05) is 19.0 Å². The van der Waals surface area contributed by atoms with Gasteiger partial charge in [-0.05, 0) is 25.5 Å². The number of methoxy groups -OCH3 is 1. The highest BCUT2D eigenvalue weighted by Crippen LogP contribution is 2.34. The number of nitrogens with one attached hydrogen (secondary N) is 1. The van der Waals surface area contributed by atoms with E-state index in [9.17, 15) is 0 Å². The Labute approximate surface area is 118 Å². The number of ether oxygens (including phenoxy) is 2. The predicted octanol–water partition coefficient (Wildman–Crippen LogP) is 2.21.